The first-order chi connectivity index (χ1) is 4.68. The Labute approximate surface area is 78.8 Å². The summed E-state index contributed by atoms with van der Waals surface area (Å²) < 4.78 is 4.86. The number of ether oxygens (including phenoxy) is 1. The van der Waals surface area contributed by atoms with Gasteiger partial charge < -0.3 is 4.74 Å². The first kappa shape index (κ1) is 13.4. The molecule has 0 unspecified atom stereocenters. The van der Waals surface area contributed by atoms with Gasteiger partial charge in [0.25, 0.3) is 0 Å². The monoisotopic (exact) mass is 276 g/mol. The van der Waals surface area contributed by atoms with Gasteiger partial charge in [-0.05, 0) is 5.92 Å². The Morgan fingerprint density at radius 2 is 2.00 bits per heavy atom. The molecular weight excluding hydrogens is 265 g/mol. The van der Waals surface area contributed by atoms with Crippen LogP contribution in [0.1, 0.15) is 13.8 Å². The van der Waals surface area contributed by atoms with Gasteiger partial charge in [-0.15, -0.1) is 0 Å². The van der Waals surface area contributed by atoms with Crippen molar-refractivity contribution in [2.24, 2.45) is 5.92 Å². The third-order valence-corrected chi connectivity index (χ3v) is 0.547. The van der Waals surface area contributed by atoms with Gasteiger partial charge in [0, 0.05) is 0 Å². The summed E-state index contributed by atoms with van der Waals surface area (Å²) in [6, 6.07) is 0. The maximum atomic E-state index is 4.86. The first-order valence-corrected chi connectivity index (χ1v) is 6.74. The molecule has 0 N–H and O–H groups in total. The summed E-state index contributed by atoms with van der Waals surface area (Å²) in [5.41, 5.74) is 0. The number of rotatable bonds is 3. The third kappa shape index (κ3) is 23.3. The van der Waals surface area contributed by atoms with Crippen LogP contribution < -0.4 is 0 Å². The predicted molar refractivity (Wildman–Crippen MR) is 42.7 cm³/mol. The Hall–Kier alpha value is 0.782. The standard InChI is InChI=1S/C6H12O.2ClH.Pd/c1-4-7-5-6(2)3;;;/h4,6H,1,5H2,2-3H3;2*1H;/q;;;+2/p-2. The van der Waals surface area contributed by atoms with E-state index in [4.69, 9.17) is 23.8 Å². The molecule has 0 atom stereocenters. The zero-order valence-corrected chi connectivity index (χ0v) is 9.12. The van der Waals surface area contributed by atoms with E-state index < -0.39 is 0 Å². The summed E-state index contributed by atoms with van der Waals surface area (Å²) >= 11 is -0.106. The second-order valence-electron chi connectivity index (χ2n) is 1.94. The molecule has 0 aromatic rings. The molecule has 0 spiro atoms. The van der Waals surface area contributed by atoms with Crippen LogP contribution in [0.3, 0.4) is 0 Å². The molecule has 0 heterocycles. The minimum absolute atomic E-state index is 0.106. The van der Waals surface area contributed by atoms with Crippen molar-refractivity contribution in [1.82, 2.24) is 0 Å². The molecule has 0 radical (unpaired) electrons. The van der Waals surface area contributed by atoms with Crippen LogP contribution in [-0.2, 0) is 20.7 Å². The zero-order valence-electron chi connectivity index (χ0n) is 6.05. The van der Waals surface area contributed by atoms with Crippen molar-refractivity contribution in [3.63, 3.8) is 0 Å². The normalized spacial score (nSPS) is 8.50. The van der Waals surface area contributed by atoms with E-state index in [0.29, 0.717) is 5.92 Å². The summed E-state index contributed by atoms with van der Waals surface area (Å²) in [6.07, 6.45) is 1.47. The molecule has 0 aliphatic heterocycles. The number of hydrogen-bond donors (Lipinski definition) is 0. The van der Waals surface area contributed by atoms with Crippen LogP contribution in [0.5, 0.6) is 0 Å². The van der Waals surface area contributed by atoms with E-state index >= 15 is 0 Å². The Bertz CT molecular complexity index is 68.8. The van der Waals surface area contributed by atoms with Crippen LogP contribution in [0.25, 0.3) is 0 Å². The molecule has 0 saturated heterocycles. The van der Waals surface area contributed by atoms with Crippen LogP contribution in [0, 0.1) is 5.92 Å². The van der Waals surface area contributed by atoms with Crippen LogP contribution in [0.15, 0.2) is 12.8 Å². The first-order valence-electron chi connectivity index (χ1n) is 2.73. The van der Waals surface area contributed by atoms with Crippen molar-refractivity contribution in [2.75, 3.05) is 6.61 Å². The third-order valence-electron chi connectivity index (χ3n) is 0.547. The fraction of sp³-hybridized carbons (Fsp3) is 0.667. The fourth-order valence-electron chi connectivity index (χ4n) is 0.260. The average molecular weight is 277 g/mol. The topological polar surface area (TPSA) is 9.23 Å². The molecule has 0 aromatic carbocycles. The molecule has 0 rings (SSSR count). The molecule has 0 amide bonds. The van der Waals surface area contributed by atoms with Gasteiger partial charge in [0.2, 0.25) is 0 Å². The van der Waals surface area contributed by atoms with Gasteiger partial charge in [-0.3, -0.25) is 0 Å². The average Bonchev–Trinajstić information content (AvgIpc) is 1.85. The Morgan fingerprint density at radius 3 is 2.10 bits per heavy atom. The maximum absolute atomic E-state index is 4.86. The second kappa shape index (κ2) is 12.5. The van der Waals surface area contributed by atoms with Crippen molar-refractivity contribution in [3.8, 4) is 0 Å². The van der Waals surface area contributed by atoms with Crippen molar-refractivity contribution < 1.29 is 20.7 Å². The van der Waals surface area contributed by atoms with Gasteiger partial charge in [0.05, 0.1) is 12.9 Å². The number of hydrogen-bond acceptors (Lipinski definition) is 1. The summed E-state index contributed by atoms with van der Waals surface area (Å²) in [7, 11) is 9.63. The summed E-state index contributed by atoms with van der Waals surface area (Å²) in [6.45, 7) is 8.39. The van der Waals surface area contributed by atoms with Crippen LogP contribution >= 0.6 is 19.1 Å². The van der Waals surface area contributed by atoms with Crippen molar-refractivity contribution in [1.29, 1.82) is 0 Å². The van der Waals surface area contributed by atoms with Gasteiger partial charge in [0.1, 0.15) is 0 Å². The van der Waals surface area contributed by atoms with Crippen molar-refractivity contribution in [3.05, 3.63) is 12.8 Å². The van der Waals surface area contributed by atoms with Crippen LogP contribution in [0.4, 0.5) is 0 Å². The number of halogens is 2. The Morgan fingerprint density at radius 1 is 1.60 bits per heavy atom. The molecular formula is C6H12Cl2OPd. The van der Waals surface area contributed by atoms with E-state index in [0.717, 1.165) is 6.61 Å². The molecule has 0 aromatic heterocycles. The van der Waals surface area contributed by atoms with Crippen molar-refractivity contribution >= 4 is 19.1 Å². The zero-order chi connectivity index (χ0) is 8.41. The summed E-state index contributed by atoms with van der Waals surface area (Å²) in [5, 5.41) is 0. The SMILES string of the molecule is C=COCC(C)C.[Cl][Pd][Cl]. The second-order valence-corrected chi connectivity index (χ2v) is 4.30. The van der Waals surface area contributed by atoms with Crippen LogP contribution in [0.2, 0.25) is 0 Å². The Kier molecular flexibility index (Phi) is 16.7. The van der Waals surface area contributed by atoms with Crippen LogP contribution in [-0.4, -0.2) is 6.61 Å². The van der Waals surface area contributed by atoms with E-state index in [1.807, 2.05) is 0 Å². The van der Waals surface area contributed by atoms with E-state index in [-0.39, 0.29) is 15.9 Å². The van der Waals surface area contributed by atoms with E-state index in [1.165, 1.54) is 6.26 Å². The molecule has 4 heteroatoms. The molecule has 10 heavy (non-hydrogen) atoms. The summed E-state index contributed by atoms with van der Waals surface area (Å²) in [4.78, 5) is 0. The molecule has 0 aliphatic carbocycles. The molecule has 0 aliphatic rings. The summed E-state index contributed by atoms with van der Waals surface area (Å²) in [5.74, 6) is 0.609. The molecule has 0 fully saturated rings. The molecule has 0 bridgehead atoms. The molecule has 1 nitrogen and oxygen atoms in total. The minimum atomic E-state index is -0.106. The fourth-order valence-corrected chi connectivity index (χ4v) is 0.260. The van der Waals surface area contributed by atoms with Gasteiger partial charge in [-0.2, -0.15) is 0 Å². The van der Waals surface area contributed by atoms with Gasteiger partial charge in [-0.25, -0.2) is 0 Å². The van der Waals surface area contributed by atoms with E-state index in [1.54, 1.807) is 0 Å². The van der Waals surface area contributed by atoms with Gasteiger partial charge in [-0.1, -0.05) is 20.4 Å². The van der Waals surface area contributed by atoms with Gasteiger partial charge in [0.15, 0.2) is 0 Å². The molecule has 66 valence electrons. The van der Waals surface area contributed by atoms with E-state index in [2.05, 4.69) is 20.4 Å². The van der Waals surface area contributed by atoms with Gasteiger partial charge >= 0.3 is 35.0 Å². The Balaban J connectivity index is 0. The predicted octanol–water partition coefficient (Wildman–Crippen LogP) is 3.18. The van der Waals surface area contributed by atoms with E-state index in [9.17, 15) is 0 Å². The quantitative estimate of drug-likeness (QED) is 0.569. The molecule has 0 saturated carbocycles. The van der Waals surface area contributed by atoms with Crippen molar-refractivity contribution in [2.45, 2.75) is 13.8 Å².